The van der Waals surface area contributed by atoms with Crippen LogP contribution in [0.3, 0.4) is 0 Å². The first-order chi connectivity index (χ1) is 10.00. The predicted molar refractivity (Wildman–Crippen MR) is 56.0 cm³/mol. The smallest absolute Gasteiger partial charge is 0.194 e. The van der Waals surface area contributed by atoms with E-state index >= 15 is 0 Å². The molecule has 0 heterocycles. The van der Waals surface area contributed by atoms with E-state index in [0.29, 0.717) is 0 Å². The van der Waals surface area contributed by atoms with Crippen LogP contribution in [-0.2, 0) is 5.92 Å². The maximum atomic E-state index is 13.5. The van der Waals surface area contributed by atoms with Crippen LogP contribution in [0.4, 0.5) is 48.3 Å². The van der Waals surface area contributed by atoms with Gasteiger partial charge >= 0.3 is 29.9 Å². The Kier molecular flexibility index (Phi) is 4.44. The summed E-state index contributed by atoms with van der Waals surface area (Å²) in [5.41, 5.74) is -1.59. The van der Waals surface area contributed by atoms with Crippen molar-refractivity contribution < 1.29 is 48.3 Å². The average Bonchev–Trinajstić information content (AvgIpc) is 2.37. The van der Waals surface area contributed by atoms with Gasteiger partial charge in [0.2, 0.25) is 0 Å². The van der Waals surface area contributed by atoms with Crippen molar-refractivity contribution in [2.24, 2.45) is 0 Å². The lowest BCUT2D eigenvalue weighted by Crippen LogP contribution is -2.65. The molecule has 0 aliphatic rings. The standard InChI is InChI=1S/C12H7F11/c1-6-2-4-7(5-3-6)8(13,14)9(15,16)10(17,18)11(19,20)12(21,22)23/h2-5H,1H3. The molecule has 0 nitrogen and oxygen atoms in total. The number of hydrogen-bond acceptors (Lipinski definition) is 0. The maximum Gasteiger partial charge on any atom is 0.460 e. The van der Waals surface area contributed by atoms with E-state index in [4.69, 9.17) is 0 Å². The number of benzene rings is 1. The van der Waals surface area contributed by atoms with E-state index < -0.39 is 35.4 Å². The second kappa shape index (κ2) is 5.23. The van der Waals surface area contributed by atoms with Crippen molar-refractivity contribution in [2.75, 3.05) is 0 Å². The van der Waals surface area contributed by atoms with E-state index in [1.807, 2.05) is 0 Å². The molecule has 0 unspecified atom stereocenters. The van der Waals surface area contributed by atoms with E-state index in [1.54, 1.807) is 0 Å². The lowest BCUT2D eigenvalue weighted by atomic mass is 9.93. The van der Waals surface area contributed by atoms with Crippen molar-refractivity contribution in [1.29, 1.82) is 0 Å². The highest BCUT2D eigenvalue weighted by atomic mass is 19.4. The molecule has 0 bridgehead atoms. The zero-order chi connectivity index (χ0) is 18.5. The van der Waals surface area contributed by atoms with Gasteiger partial charge in [-0.3, -0.25) is 0 Å². The third kappa shape index (κ3) is 2.74. The van der Waals surface area contributed by atoms with Crippen LogP contribution < -0.4 is 0 Å². The van der Waals surface area contributed by atoms with Crippen molar-refractivity contribution in [3.63, 3.8) is 0 Å². The van der Waals surface area contributed by atoms with Gasteiger partial charge in [0.05, 0.1) is 0 Å². The third-order valence-electron chi connectivity index (χ3n) is 2.95. The lowest BCUT2D eigenvalue weighted by Gasteiger charge is -2.37. The van der Waals surface area contributed by atoms with Gasteiger partial charge in [-0.1, -0.05) is 29.8 Å². The Hall–Kier alpha value is -1.55. The first-order valence-electron chi connectivity index (χ1n) is 5.65. The minimum Gasteiger partial charge on any atom is -0.194 e. The molecule has 0 atom stereocenters. The highest BCUT2D eigenvalue weighted by molar-refractivity contribution is 5.28. The fraction of sp³-hybridized carbons (Fsp3) is 0.500. The normalized spacial score (nSPS) is 15.0. The first-order valence-corrected chi connectivity index (χ1v) is 5.65. The zero-order valence-electron chi connectivity index (χ0n) is 11.0. The van der Waals surface area contributed by atoms with Crippen LogP contribution in [0.15, 0.2) is 24.3 Å². The number of alkyl halides is 11. The molecule has 0 spiro atoms. The predicted octanol–water partition coefficient (Wildman–Crippen LogP) is 5.56. The molecule has 0 saturated heterocycles. The molecule has 23 heavy (non-hydrogen) atoms. The van der Waals surface area contributed by atoms with Gasteiger partial charge in [-0.2, -0.15) is 48.3 Å². The Bertz CT molecular complexity index is 553. The molecule has 0 amide bonds. The highest BCUT2D eigenvalue weighted by Gasteiger charge is 2.87. The van der Waals surface area contributed by atoms with Gasteiger partial charge in [0, 0.05) is 5.56 Å². The van der Waals surface area contributed by atoms with Gasteiger partial charge in [-0.25, -0.2) is 0 Å². The Morgan fingerprint density at radius 2 is 0.957 bits per heavy atom. The summed E-state index contributed by atoms with van der Waals surface area (Å²) in [4.78, 5) is 0. The van der Waals surface area contributed by atoms with E-state index in [-0.39, 0.29) is 17.7 Å². The van der Waals surface area contributed by atoms with Crippen LogP contribution in [0.2, 0.25) is 0 Å². The van der Waals surface area contributed by atoms with Gasteiger partial charge in [0.15, 0.2) is 0 Å². The molecule has 1 aromatic carbocycles. The van der Waals surface area contributed by atoms with Crippen LogP contribution in [-0.4, -0.2) is 23.9 Å². The largest absolute Gasteiger partial charge is 0.460 e. The maximum absolute atomic E-state index is 13.5. The second-order valence-electron chi connectivity index (χ2n) is 4.66. The highest BCUT2D eigenvalue weighted by Crippen LogP contribution is 2.59. The molecule has 0 N–H and O–H groups in total. The van der Waals surface area contributed by atoms with Gasteiger partial charge in [-0.05, 0) is 6.92 Å². The van der Waals surface area contributed by atoms with Crippen molar-refractivity contribution in [1.82, 2.24) is 0 Å². The average molecular weight is 360 g/mol. The Balaban J connectivity index is 3.45. The molecule has 0 saturated carbocycles. The molecule has 1 rings (SSSR count). The fourth-order valence-corrected chi connectivity index (χ4v) is 1.52. The number of halogens is 11. The van der Waals surface area contributed by atoms with Gasteiger partial charge in [0.1, 0.15) is 0 Å². The first kappa shape index (κ1) is 19.5. The molecular weight excluding hydrogens is 353 g/mol. The fourth-order valence-electron chi connectivity index (χ4n) is 1.52. The van der Waals surface area contributed by atoms with Crippen molar-refractivity contribution in [2.45, 2.75) is 36.8 Å². The quantitative estimate of drug-likeness (QED) is 0.617. The van der Waals surface area contributed by atoms with Gasteiger partial charge in [-0.15, -0.1) is 0 Å². The number of rotatable bonds is 4. The molecule has 11 heteroatoms. The SMILES string of the molecule is Cc1ccc(C(F)(F)C(F)(F)C(F)(F)C(F)(F)C(F)(F)F)cc1. The van der Waals surface area contributed by atoms with Crippen molar-refractivity contribution in [3.05, 3.63) is 35.4 Å². The minimum absolute atomic E-state index is 0.227. The summed E-state index contributed by atoms with van der Waals surface area (Å²) in [6.45, 7) is 1.31. The summed E-state index contributed by atoms with van der Waals surface area (Å²) in [6.07, 6.45) is -7.15. The van der Waals surface area contributed by atoms with E-state index in [2.05, 4.69) is 0 Å². The molecule has 0 aliphatic heterocycles. The third-order valence-corrected chi connectivity index (χ3v) is 2.95. The van der Waals surface area contributed by atoms with Gasteiger partial charge < -0.3 is 0 Å². The summed E-state index contributed by atoms with van der Waals surface area (Å²) < 4.78 is 141. The summed E-state index contributed by atoms with van der Waals surface area (Å²) >= 11 is 0. The van der Waals surface area contributed by atoms with E-state index in [0.717, 1.165) is 12.1 Å². The van der Waals surface area contributed by atoms with Crippen LogP contribution in [0.1, 0.15) is 11.1 Å². The topological polar surface area (TPSA) is 0 Å². The Labute approximate surface area is 121 Å². The number of aryl methyl sites for hydroxylation is 1. The van der Waals surface area contributed by atoms with E-state index in [9.17, 15) is 48.3 Å². The van der Waals surface area contributed by atoms with Crippen LogP contribution >= 0.6 is 0 Å². The molecule has 0 radical (unpaired) electrons. The molecule has 0 aromatic heterocycles. The lowest BCUT2D eigenvalue weighted by molar-refractivity contribution is -0.424. The molecule has 0 aliphatic carbocycles. The van der Waals surface area contributed by atoms with Gasteiger partial charge in [0.25, 0.3) is 0 Å². The Morgan fingerprint density at radius 1 is 0.565 bits per heavy atom. The monoisotopic (exact) mass is 360 g/mol. The zero-order valence-corrected chi connectivity index (χ0v) is 11.0. The summed E-state index contributed by atoms with van der Waals surface area (Å²) in [6, 6.07) is 2.01. The van der Waals surface area contributed by atoms with E-state index in [1.165, 1.54) is 6.92 Å². The molecule has 1 aromatic rings. The summed E-state index contributed by atoms with van der Waals surface area (Å²) in [5, 5.41) is 0. The summed E-state index contributed by atoms with van der Waals surface area (Å²) in [5.74, 6) is -27.7. The second-order valence-corrected chi connectivity index (χ2v) is 4.66. The summed E-state index contributed by atoms with van der Waals surface area (Å²) in [7, 11) is 0. The van der Waals surface area contributed by atoms with Crippen LogP contribution in [0.25, 0.3) is 0 Å². The number of hydrogen-bond donors (Lipinski definition) is 0. The van der Waals surface area contributed by atoms with Crippen molar-refractivity contribution in [3.8, 4) is 0 Å². The van der Waals surface area contributed by atoms with Crippen LogP contribution in [0.5, 0.6) is 0 Å². The minimum atomic E-state index is -7.38. The molecular formula is C12H7F11. The Morgan fingerprint density at radius 3 is 1.30 bits per heavy atom. The van der Waals surface area contributed by atoms with Crippen molar-refractivity contribution >= 4 is 0 Å². The molecule has 132 valence electrons. The van der Waals surface area contributed by atoms with Crippen LogP contribution in [0, 0.1) is 6.92 Å². The molecule has 0 fully saturated rings.